The van der Waals surface area contributed by atoms with Crippen molar-refractivity contribution >= 4 is 17.7 Å². The second-order valence-electron chi connectivity index (χ2n) is 10.5. The van der Waals surface area contributed by atoms with Gasteiger partial charge in [-0.1, -0.05) is 29.8 Å². The van der Waals surface area contributed by atoms with E-state index >= 15 is 0 Å². The first-order valence-corrected chi connectivity index (χ1v) is 10.3. The molecule has 1 saturated carbocycles. The number of hydrogen-bond acceptors (Lipinski definition) is 6. The minimum Gasteiger partial charge on any atom is -0.460 e. The van der Waals surface area contributed by atoms with E-state index in [4.69, 9.17) is 9.47 Å². The van der Waals surface area contributed by atoms with E-state index in [-0.39, 0.29) is 6.42 Å². The molecule has 166 valence electrons. The summed E-state index contributed by atoms with van der Waals surface area (Å²) in [5.74, 6) is -4.98. The number of ketones is 1. The van der Waals surface area contributed by atoms with E-state index in [9.17, 15) is 19.5 Å². The van der Waals surface area contributed by atoms with Gasteiger partial charge in [0.2, 0.25) is 0 Å². The molecule has 1 aromatic rings. The summed E-state index contributed by atoms with van der Waals surface area (Å²) in [6.45, 7) is 13.7. The van der Waals surface area contributed by atoms with E-state index in [0.29, 0.717) is 5.56 Å². The van der Waals surface area contributed by atoms with Crippen molar-refractivity contribution in [2.75, 3.05) is 0 Å². The average molecular weight is 419 g/mol. The van der Waals surface area contributed by atoms with Crippen molar-refractivity contribution in [1.82, 2.24) is 0 Å². The maximum atomic E-state index is 13.2. The third kappa shape index (κ3) is 5.69. The van der Waals surface area contributed by atoms with Crippen molar-refractivity contribution in [2.45, 2.75) is 84.5 Å². The second-order valence-corrected chi connectivity index (χ2v) is 10.5. The molecule has 0 unspecified atom stereocenters. The number of Topliss-reactive ketones (excluding diaryl/α,β-unsaturated/α-hetero) is 1. The van der Waals surface area contributed by atoms with Crippen LogP contribution in [0.5, 0.6) is 0 Å². The second kappa shape index (κ2) is 8.14. The number of aryl methyl sites for hydroxylation is 1. The highest BCUT2D eigenvalue weighted by atomic mass is 16.6. The van der Waals surface area contributed by atoms with Gasteiger partial charge in [-0.15, -0.1) is 0 Å². The molecule has 1 aliphatic rings. The molecule has 1 fully saturated rings. The Kier molecular flexibility index (Phi) is 6.53. The van der Waals surface area contributed by atoms with Gasteiger partial charge < -0.3 is 14.6 Å². The molecule has 0 bridgehead atoms. The van der Waals surface area contributed by atoms with E-state index < -0.39 is 52.3 Å². The fourth-order valence-corrected chi connectivity index (χ4v) is 3.93. The Morgan fingerprint density at radius 2 is 1.43 bits per heavy atom. The predicted octanol–water partition coefficient (Wildman–Crippen LogP) is 3.72. The molecule has 30 heavy (non-hydrogen) atoms. The molecule has 2 rings (SSSR count). The summed E-state index contributed by atoms with van der Waals surface area (Å²) in [5.41, 5.74) is -1.63. The lowest BCUT2D eigenvalue weighted by molar-refractivity contribution is -0.182. The molecule has 0 amide bonds. The molecule has 0 aromatic heterocycles. The van der Waals surface area contributed by atoms with Gasteiger partial charge >= 0.3 is 11.9 Å². The van der Waals surface area contributed by atoms with Crippen molar-refractivity contribution in [3.8, 4) is 0 Å². The first kappa shape index (κ1) is 24.1. The lowest BCUT2D eigenvalue weighted by Crippen LogP contribution is -2.56. The highest BCUT2D eigenvalue weighted by Gasteiger charge is 2.57. The zero-order valence-electron chi connectivity index (χ0n) is 19.2. The standard InChI is InChI=1S/C24H34O6/c1-14-9-11-15(12-10-14)17-18(20(26)29-22(2,3)4)16(25)13-24(8,28)19(17)21(27)30-23(5,6)7/h9-12,17-19,28H,13H2,1-8H3/t17-,18-,19+,24-/m1/s1. The number of aliphatic hydroxyl groups is 1. The number of hydrogen-bond donors (Lipinski definition) is 1. The van der Waals surface area contributed by atoms with E-state index in [1.54, 1.807) is 53.7 Å². The van der Waals surface area contributed by atoms with Crippen LogP contribution in [0.3, 0.4) is 0 Å². The van der Waals surface area contributed by atoms with Gasteiger partial charge in [0.25, 0.3) is 0 Å². The highest BCUT2D eigenvalue weighted by molar-refractivity contribution is 6.03. The number of carbonyl (C=O) groups excluding carboxylic acids is 3. The molecule has 1 aliphatic carbocycles. The number of carbonyl (C=O) groups is 3. The Bertz CT molecular complexity index is 808. The summed E-state index contributed by atoms with van der Waals surface area (Å²) in [6.07, 6.45) is -0.330. The molecule has 1 aromatic carbocycles. The van der Waals surface area contributed by atoms with E-state index in [1.807, 2.05) is 19.1 Å². The van der Waals surface area contributed by atoms with Crippen molar-refractivity contribution < 1.29 is 29.0 Å². The molecule has 0 aliphatic heterocycles. The monoisotopic (exact) mass is 418 g/mol. The molecule has 0 saturated heterocycles. The SMILES string of the molecule is Cc1ccc([C@@H]2[C@H](C(=O)OC(C)(C)C)C(=O)C[C@@](C)(O)[C@@H]2C(=O)OC(C)(C)C)cc1. The molecule has 6 nitrogen and oxygen atoms in total. The first-order chi connectivity index (χ1) is 13.5. The summed E-state index contributed by atoms with van der Waals surface area (Å²) >= 11 is 0. The van der Waals surface area contributed by atoms with Crippen LogP contribution in [0, 0.1) is 18.8 Å². The molecule has 1 N–H and O–H groups in total. The minimum absolute atomic E-state index is 0.330. The van der Waals surface area contributed by atoms with Gasteiger partial charge in [0.15, 0.2) is 5.78 Å². The summed E-state index contributed by atoms with van der Waals surface area (Å²) < 4.78 is 11.1. The van der Waals surface area contributed by atoms with Gasteiger partial charge in [-0.25, -0.2) is 0 Å². The van der Waals surface area contributed by atoms with Crippen LogP contribution in [0.1, 0.15) is 71.9 Å². The molecule has 6 heteroatoms. The van der Waals surface area contributed by atoms with Crippen LogP contribution in [0.15, 0.2) is 24.3 Å². The van der Waals surface area contributed by atoms with Crippen LogP contribution in [-0.2, 0) is 23.9 Å². The predicted molar refractivity (Wildman–Crippen MR) is 113 cm³/mol. The van der Waals surface area contributed by atoms with E-state index in [2.05, 4.69) is 0 Å². The molecule has 0 heterocycles. The Morgan fingerprint density at radius 3 is 1.90 bits per heavy atom. The van der Waals surface area contributed by atoms with Crippen molar-refractivity contribution in [3.05, 3.63) is 35.4 Å². The minimum atomic E-state index is -1.66. The van der Waals surface area contributed by atoms with Gasteiger partial charge in [0.1, 0.15) is 17.1 Å². The van der Waals surface area contributed by atoms with Gasteiger partial charge in [0, 0.05) is 12.3 Å². The van der Waals surface area contributed by atoms with Crippen molar-refractivity contribution in [2.24, 2.45) is 11.8 Å². The van der Waals surface area contributed by atoms with Crippen LogP contribution in [0.25, 0.3) is 0 Å². The quantitative estimate of drug-likeness (QED) is 0.594. The van der Waals surface area contributed by atoms with Crippen LogP contribution >= 0.6 is 0 Å². The molecule has 0 spiro atoms. The Labute approximate surface area is 179 Å². The molecular formula is C24H34O6. The lowest BCUT2D eigenvalue weighted by atomic mass is 9.61. The zero-order valence-corrected chi connectivity index (χ0v) is 19.2. The summed E-state index contributed by atoms with van der Waals surface area (Å²) in [6, 6.07) is 7.26. The van der Waals surface area contributed by atoms with Crippen LogP contribution in [0.4, 0.5) is 0 Å². The number of ether oxygens (including phenoxy) is 2. The maximum Gasteiger partial charge on any atom is 0.317 e. The number of esters is 2. The van der Waals surface area contributed by atoms with Crippen molar-refractivity contribution in [1.29, 1.82) is 0 Å². The number of rotatable bonds is 3. The molecule has 0 radical (unpaired) electrons. The Balaban J connectivity index is 2.62. The van der Waals surface area contributed by atoms with Crippen LogP contribution in [0.2, 0.25) is 0 Å². The first-order valence-electron chi connectivity index (χ1n) is 10.3. The summed E-state index contributed by atoms with van der Waals surface area (Å²) in [4.78, 5) is 39.3. The smallest absolute Gasteiger partial charge is 0.317 e. The third-order valence-electron chi connectivity index (χ3n) is 5.05. The maximum absolute atomic E-state index is 13.2. The van der Waals surface area contributed by atoms with E-state index in [1.165, 1.54) is 6.92 Å². The normalized spacial score (nSPS) is 27.5. The Hall–Kier alpha value is -2.21. The average Bonchev–Trinajstić information content (AvgIpc) is 2.50. The van der Waals surface area contributed by atoms with Gasteiger partial charge in [-0.3, -0.25) is 14.4 Å². The topological polar surface area (TPSA) is 89.9 Å². The van der Waals surface area contributed by atoms with Gasteiger partial charge in [0.05, 0.1) is 11.5 Å². The number of benzene rings is 1. The lowest BCUT2D eigenvalue weighted by Gasteiger charge is -2.44. The fourth-order valence-electron chi connectivity index (χ4n) is 3.93. The fraction of sp³-hybridized carbons (Fsp3) is 0.625. The largest absolute Gasteiger partial charge is 0.460 e. The van der Waals surface area contributed by atoms with E-state index in [0.717, 1.165) is 5.56 Å². The summed E-state index contributed by atoms with van der Waals surface area (Å²) in [5, 5.41) is 11.1. The molecular weight excluding hydrogens is 384 g/mol. The van der Waals surface area contributed by atoms with Gasteiger partial charge in [-0.2, -0.15) is 0 Å². The van der Waals surface area contributed by atoms with Crippen molar-refractivity contribution in [3.63, 3.8) is 0 Å². The Morgan fingerprint density at radius 1 is 0.967 bits per heavy atom. The summed E-state index contributed by atoms with van der Waals surface area (Å²) in [7, 11) is 0. The van der Waals surface area contributed by atoms with Gasteiger partial charge in [-0.05, 0) is 61.0 Å². The van der Waals surface area contributed by atoms with Crippen LogP contribution < -0.4 is 0 Å². The zero-order chi connectivity index (χ0) is 23.1. The highest BCUT2D eigenvalue weighted by Crippen LogP contribution is 2.47. The third-order valence-corrected chi connectivity index (χ3v) is 5.05. The molecule has 4 atom stereocenters. The van der Waals surface area contributed by atoms with Crippen LogP contribution in [-0.4, -0.2) is 39.6 Å².